The maximum atomic E-state index is 13.8. The number of hydrogen-bond donors (Lipinski definition) is 0. The highest BCUT2D eigenvalue weighted by Crippen LogP contribution is 2.51. The summed E-state index contributed by atoms with van der Waals surface area (Å²) in [6.07, 6.45) is 0. The third-order valence-electron chi connectivity index (χ3n) is 7.73. The molecule has 0 spiro atoms. The topological polar surface area (TPSA) is 116 Å². The van der Waals surface area contributed by atoms with Crippen LogP contribution in [-0.2, 0) is 0 Å². The number of fused-ring (bicyclic) bond motifs is 2. The van der Waals surface area contributed by atoms with Gasteiger partial charge in [-0.3, -0.25) is 9.59 Å². The van der Waals surface area contributed by atoms with E-state index >= 15 is 0 Å². The van der Waals surface area contributed by atoms with E-state index in [0.29, 0.717) is 45.3 Å². The first-order chi connectivity index (χ1) is 22.3. The lowest BCUT2D eigenvalue weighted by atomic mass is 9.96. The van der Waals surface area contributed by atoms with Gasteiger partial charge in [0.15, 0.2) is 16.4 Å². The van der Waals surface area contributed by atoms with Gasteiger partial charge in [0.2, 0.25) is 0 Å². The average molecular weight is 623 g/mol. The summed E-state index contributed by atoms with van der Waals surface area (Å²) in [7, 11) is 8.99. The minimum atomic E-state index is -0.357. The summed E-state index contributed by atoms with van der Waals surface area (Å²) in [5, 5.41) is 0.330. The van der Waals surface area contributed by atoms with Crippen molar-refractivity contribution in [1.29, 1.82) is 0 Å². The molecule has 6 aromatic rings. The van der Waals surface area contributed by atoms with Gasteiger partial charge in [-0.05, 0) is 48.5 Å². The molecule has 0 N–H and O–H groups in total. The summed E-state index contributed by atoms with van der Waals surface area (Å²) in [4.78, 5) is 27.5. The van der Waals surface area contributed by atoms with Crippen molar-refractivity contribution >= 4 is 21.9 Å². The molecular weight excluding hydrogens is 592 g/mol. The smallest absolute Gasteiger partial charge is 0.197 e. The molecule has 0 amide bonds. The minimum absolute atomic E-state index is 0.143. The van der Waals surface area contributed by atoms with E-state index in [9.17, 15) is 9.59 Å². The molecule has 2 aromatic heterocycles. The van der Waals surface area contributed by atoms with Crippen molar-refractivity contribution in [3.8, 4) is 68.3 Å². The summed E-state index contributed by atoms with van der Waals surface area (Å²) >= 11 is 0. The summed E-state index contributed by atoms with van der Waals surface area (Å²) < 4.78 is 46.5. The summed E-state index contributed by atoms with van der Waals surface area (Å²) in [6.45, 7) is 0. The predicted octanol–water partition coefficient (Wildman–Crippen LogP) is 6.95. The highest BCUT2D eigenvalue weighted by atomic mass is 16.5. The lowest BCUT2D eigenvalue weighted by Crippen LogP contribution is -2.08. The van der Waals surface area contributed by atoms with E-state index in [-0.39, 0.29) is 55.8 Å². The largest absolute Gasteiger partial charge is 0.497 e. The molecule has 0 saturated heterocycles. The Hall–Kier alpha value is -5.90. The Morgan fingerprint density at radius 1 is 0.478 bits per heavy atom. The van der Waals surface area contributed by atoms with Gasteiger partial charge < -0.3 is 37.3 Å². The van der Waals surface area contributed by atoms with Gasteiger partial charge in [-0.2, -0.15) is 0 Å². The van der Waals surface area contributed by atoms with Crippen molar-refractivity contribution in [2.75, 3.05) is 42.7 Å². The SMILES string of the molecule is COc1ccc(-c2cc(=O)c3c(OC)c(-c4c(OC)cc(OC)c5c(=O)cc(-c6ccc(OC)cc6)oc45)c(OC)cc3o2)cc1. The monoisotopic (exact) mass is 622 g/mol. The first kappa shape index (κ1) is 30.1. The summed E-state index contributed by atoms with van der Waals surface area (Å²) in [6, 6.07) is 20.2. The fraction of sp³-hybridized carbons (Fsp3) is 0.167. The molecular formula is C36H30O10. The molecule has 10 heteroatoms. The molecule has 10 nitrogen and oxygen atoms in total. The van der Waals surface area contributed by atoms with Crippen LogP contribution in [0.25, 0.3) is 55.7 Å². The Bertz CT molecular complexity index is 2190. The minimum Gasteiger partial charge on any atom is -0.497 e. The van der Waals surface area contributed by atoms with Crippen LogP contribution >= 0.6 is 0 Å². The zero-order valence-corrected chi connectivity index (χ0v) is 26.0. The first-order valence-electron chi connectivity index (χ1n) is 14.1. The van der Waals surface area contributed by atoms with Crippen LogP contribution in [0.2, 0.25) is 0 Å². The Morgan fingerprint density at radius 2 is 0.978 bits per heavy atom. The second kappa shape index (κ2) is 12.2. The van der Waals surface area contributed by atoms with Crippen LogP contribution in [0.15, 0.2) is 91.2 Å². The van der Waals surface area contributed by atoms with Crippen LogP contribution in [0.1, 0.15) is 0 Å². The lowest BCUT2D eigenvalue weighted by molar-refractivity contribution is 0.391. The van der Waals surface area contributed by atoms with Crippen molar-refractivity contribution in [3.63, 3.8) is 0 Å². The molecule has 0 atom stereocenters. The second-order valence-corrected chi connectivity index (χ2v) is 10.1. The van der Waals surface area contributed by atoms with E-state index in [1.807, 2.05) is 0 Å². The van der Waals surface area contributed by atoms with Crippen LogP contribution in [0.4, 0.5) is 0 Å². The zero-order valence-electron chi connectivity index (χ0n) is 26.0. The van der Waals surface area contributed by atoms with E-state index in [0.717, 1.165) is 0 Å². The van der Waals surface area contributed by atoms with Gasteiger partial charge in [-0.25, -0.2) is 0 Å². The van der Waals surface area contributed by atoms with Gasteiger partial charge in [-0.1, -0.05) is 0 Å². The third kappa shape index (κ3) is 5.03. The number of rotatable bonds is 9. The van der Waals surface area contributed by atoms with Crippen molar-refractivity contribution in [3.05, 3.63) is 93.2 Å². The van der Waals surface area contributed by atoms with Gasteiger partial charge in [0, 0.05) is 35.4 Å². The number of hydrogen-bond acceptors (Lipinski definition) is 10. The van der Waals surface area contributed by atoms with Crippen molar-refractivity contribution in [2.24, 2.45) is 0 Å². The van der Waals surface area contributed by atoms with Crippen LogP contribution in [0.3, 0.4) is 0 Å². The van der Waals surface area contributed by atoms with Gasteiger partial charge in [-0.15, -0.1) is 0 Å². The fourth-order valence-electron chi connectivity index (χ4n) is 5.50. The maximum Gasteiger partial charge on any atom is 0.197 e. The Balaban J connectivity index is 1.69. The average Bonchev–Trinajstić information content (AvgIpc) is 3.09. The van der Waals surface area contributed by atoms with Crippen LogP contribution < -0.4 is 39.3 Å². The standard InChI is InChI=1S/C36H30O10/c1-39-21-11-7-19(8-12-21)25-15-24(38)32-30(45-25)18-29(43-5)33(35(32)44-6)34-28(42-4)17-27(41-3)31-23(37)16-26(46-36(31)34)20-9-13-22(40-2)14-10-20/h7-18H,1-6H3. The van der Waals surface area contributed by atoms with Crippen LogP contribution in [-0.4, -0.2) is 42.7 Å². The maximum absolute atomic E-state index is 13.8. The fourth-order valence-corrected chi connectivity index (χ4v) is 5.50. The van der Waals surface area contributed by atoms with Gasteiger partial charge in [0.25, 0.3) is 0 Å². The van der Waals surface area contributed by atoms with Crippen molar-refractivity contribution in [1.82, 2.24) is 0 Å². The highest BCUT2D eigenvalue weighted by Gasteiger charge is 2.29. The van der Waals surface area contributed by atoms with Crippen molar-refractivity contribution in [2.45, 2.75) is 0 Å². The predicted molar refractivity (Wildman–Crippen MR) is 174 cm³/mol. The Labute approximate surface area is 263 Å². The van der Waals surface area contributed by atoms with Gasteiger partial charge in [0.1, 0.15) is 62.4 Å². The Kier molecular flexibility index (Phi) is 8.02. The van der Waals surface area contributed by atoms with Gasteiger partial charge in [0.05, 0.1) is 53.8 Å². The molecule has 0 bridgehead atoms. The molecule has 2 heterocycles. The van der Waals surface area contributed by atoms with Crippen molar-refractivity contribution < 1.29 is 37.3 Å². The first-order valence-corrected chi connectivity index (χ1v) is 14.1. The molecule has 0 aliphatic heterocycles. The molecule has 0 aliphatic rings. The summed E-state index contributed by atoms with van der Waals surface area (Å²) in [5.41, 5.74) is 1.62. The quantitative estimate of drug-likeness (QED) is 0.168. The molecule has 4 aromatic carbocycles. The zero-order chi connectivity index (χ0) is 32.5. The normalized spacial score (nSPS) is 11.0. The molecule has 234 valence electrons. The van der Waals surface area contributed by atoms with E-state index in [1.165, 1.54) is 40.6 Å². The van der Waals surface area contributed by atoms with E-state index in [2.05, 4.69) is 0 Å². The molecule has 0 aliphatic carbocycles. The molecule has 0 fully saturated rings. The lowest BCUT2D eigenvalue weighted by Gasteiger charge is -2.20. The van der Waals surface area contributed by atoms with Crippen LogP contribution in [0.5, 0.6) is 34.5 Å². The molecule has 46 heavy (non-hydrogen) atoms. The van der Waals surface area contributed by atoms with E-state index in [4.69, 9.17) is 37.3 Å². The molecule has 6 rings (SSSR count). The summed E-state index contributed by atoms with van der Waals surface area (Å²) in [5.74, 6) is 2.91. The number of ether oxygens (including phenoxy) is 6. The van der Waals surface area contributed by atoms with E-state index in [1.54, 1.807) is 74.9 Å². The number of methoxy groups -OCH3 is 6. The Morgan fingerprint density at radius 3 is 1.48 bits per heavy atom. The second-order valence-electron chi connectivity index (χ2n) is 10.1. The highest BCUT2D eigenvalue weighted by molar-refractivity contribution is 6.06. The number of benzene rings is 4. The van der Waals surface area contributed by atoms with Gasteiger partial charge >= 0.3 is 0 Å². The van der Waals surface area contributed by atoms with E-state index < -0.39 is 0 Å². The molecule has 0 radical (unpaired) electrons. The molecule has 0 unspecified atom stereocenters. The van der Waals surface area contributed by atoms with Crippen LogP contribution in [0, 0.1) is 0 Å². The third-order valence-corrected chi connectivity index (χ3v) is 7.73. The molecule has 0 saturated carbocycles.